The molecule has 0 spiro atoms. The van der Waals surface area contributed by atoms with E-state index in [2.05, 4.69) is 5.32 Å². The molecule has 19 heavy (non-hydrogen) atoms. The van der Waals surface area contributed by atoms with E-state index in [4.69, 9.17) is 0 Å². The fraction of sp³-hybridized carbons (Fsp3) is 0.467. The van der Waals surface area contributed by atoms with Crippen molar-refractivity contribution in [2.24, 2.45) is 5.92 Å². The van der Waals surface area contributed by atoms with Crippen LogP contribution in [0.2, 0.25) is 0 Å². The molecule has 2 amide bonds. The predicted octanol–water partition coefficient (Wildman–Crippen LogP) is 1.56. The largest absolute Gasteiger partial charge is 0.342 e. The molecule has 1 aromatic rings. The highest BCUT2D eigenvalue weighted by molar-refractivity contribution is 5.94. The molecule has 1 heterocycles. The van der Waals surface area contributed by atoms with Crippen molar-refractivity contribution in [1.29, 1.82) is 0 Å². The van der Waals surface area contributed by atoms with Crippen LogP contribution >= 0.6 is 0 Å². The molecule has 2 rings (SSSR count). The number of hydrogen-bond donors (Lipinski definition) is 1. The van der Waals surface area contributed by atoms with Gasteiger partial charge < -0.3 is 10.2 Å². The molecule has 1 N–H and O–H groups in total. The van der Waals surface area contributed by atoms with Crippen molar-refractivity contribution in [3.8, 4) is 0 Å². The lowest BCUT2D eigenvalue weighted by molar-refractivity contribution is -0.146. The average molecular weight is 260 g/mol. The lowest BCUT2D eigenvalue weighted by atomic mass is 9.96. The second-order valence-electron chi connectivity index (χ2n) is 5.11. The van der Waals surface area contributed by atoms with E-state index in [-0.39, 0.29) is 30.3 Å². The normalized spacial score (nSPS) is 21.2. The van der Waals surface area contributed by atoms with E-state index >= 15 is 0 Å². The van der Waals surface area contributed by atoms with Gasteiger partial charge in [0, 0.05) is 6.54 Å². The first kappa shape index (κ1) is 13.6. The van der Waals surface area contributed by atoms with Gasteiger partial charge in [-0.2, -0.15) is 0 Å². The van der Waals surface area contributed by atoms with Crippen molar-refractivity contribution < 1.29 is 9.59 Å². The van der Waals surface area contributed by atoms with Crippen LogP contribution < -0.4 is 5.32 Å². The van der Waals surface area contributed by atoms with Crippen molar-refractivity contribution in [1.82, 2.24) is 10.2 Å². The number of carbonyl (C=O) groups is 2. The highest BCUT2D eigenvalue weighted by Crippen LogP contribution is 2.16. The van der Waals surface area contributed by atoms with Crippen LogP contribution in [0, 0.1) is 5.92 Å². The van der Waals surface area contributed by atoms with Gasteiger partial charge in [0.25, 0.3) is 0 Å². The summed E-state index contributed by atoms with van der Waals surface area (Å²) in [6, 6.07) is 9.38. The third kappa shape index (κ3) is 3.13. The molecular formula is C15H20N2O2. The fourth-order valence-electron chi connectivity index (χ4n) is 2.29. The van der Waals surface area contributed by atoms with Gasteiger partial charge in [0.15, 0.2) is 0 Å². The quantitative estimate of drug-likeness (QED) is 0.893. The zero-order chi connectivity index (χ0) is 13.8. The molecule has 0 aromatic heterocycles. The number of rotatable bonds is 4. The van der Waals surface area contributed by atoms with Crippen LogP contribution in [0.15, 0.2) is 30.3 Å². The molecule has 1 saturated heterocycles. The maximum absolute atomic E-state index is 12.4. The average Bonchev–Trinajstić information content (AvgIpc) is 2.42. The van der Waals surface area contributed by atoms with E-state index in [1.165, 1.54) is 0 Å². The fourth-order valence-corrected chi connectivity index (χ4v) is 2.29. The standard InChI is InChI=1S/C15H20N2O2/c1-3-11(2)14-15(19)17(10-13(18)16-14)9-12-7-5-4-6-8-12/h4-8,11,14H,3,9-10H2,1-2H3,(H,16,18)/t11?,14-/m0/s1. The number of benzene rings is 1. The molecule has 2 atom stereocenters. The number of nitrogens with one attached hydrogen (secondary N) is 1. The molecule has 1 fully saturated rings. The Hall–Kier alpha value is -1.84. The van der Waals surface area contributed by atoms with Gasteiger partial charge in [-0.25, -0.2) is 0 Å². The van der Waals surface area contributed by atoms with E-state index in [0.29, 0.717) is 6.54 Å². The summed E-state index contributed by atoms with van der Waals surface area (Å²) in [4.78, 5) is 25.8. The van der Waals surface area contributed by atoms with Crippen molar-refractivity contribution in [2.45, 2.75) is 32.9 Å². The summed E-state index contributed by atoms with van der Waals surface area (Å²) in [5.41, 5.74) is 1.05. The highest BCUT2D eigenvalue weighted by atomic mass is 16.2. The Kier molecular flexibility index (Phi) is 4.20. The summed E-state index contributed by atoms with van der Waals surface area (Å²) >= 11 is 0. The minimum absolute atomic E-state index is 0.0257. The molecule has 102 valence electrons. The summed E-state index contributed by atoms with van der Waals surface area (Å²) in [6.07, 6.45) is 0.871. The van der Waals surface area contributed by atoms with Crippen LogP contribution in [0.1, 0.15) is 25.8 Å². The first-order valence-electron chi connectivity index (χ1n) is 6.74. The van der Waals surface area contributed by atoms with Crippen molar-refractivity contribution in [3.63, 3.8) is 0 Å². The molecule has 1 aromatic carbocycles. The molecule has 4 nitrogen and oxygen atoms in total. The molecule has 1 aliphatic heterocycles. The van der Waals surface area contributed by atoms with E-state index in [1.807, 2.05) is 44.2 Å². The Morgan fingerprint density at radius 2 is 2.00 bits per heavy atom. The Morgan fingerprint density at radius 3 is 2.63 bits per heavy atom. The third-order valence-corrected chi connectivity index (χ3v) is 3.66. The topological polar surface area (TPSA) is 49.4 Å². The molecule has 0 saturated carbocycles. The van der Waals surface area contributed by atoms with Crippen LogP contribution in [0.25, 0.3) is 0 Å². The van der Waals surface area contributed by atoms with Crippen LogP contribution in [-0.2, 0) is 16.1 Å². The molecule has 0 aliphatic carbocycles. The van der Waals surface area contributed by atoms with Gasteiger partial charge in [-0.05, 0) is 11.5 Å². The Bertz CT molecular complexity index is 458. The maximum atomic E-state index is 12.4. The zero-order valence-corrected chi connectivity index (χ0v) is 11.4. The first-order chi connectivity index (χ1) is 9.11. The zero-order valence-electron chi connectivity index (χ0n) is 11.4. The summed E-state index contributed by atoms with van der Waals surface area (Å²) < 4.78 is 0. The number of nitrogens with zero attached hydrogens (tertiary/aromatic N) is 1. The second-order valence-corrected chi connectivity index (χ2v) is 5.11. The number of hydrogen-bond acceptors (Lipinski definition) is 2. The van der Waals surface area contributed by atoms with Gasteiger partial charge in [-0.1, -0.05) is 50.6 Å². The van der Waals surface area contributed by atoms with Gasteiger partial charge in [0.05, 0.1) is 6.54 Å². The molecule has 1 unspecified atom stereocenters. The first-order valence-corrected chi connectivity index (χ1v) is 6.74. The van der Waals surface area contributed by atoms with Crippen molar-refractivity contribution >= 4 is 11.8 Å². The maximum Gasteiger partial charge on any atom is 0.246 e. The monoisotopic (exact) mass is 260 g/mol. The van der Waals surface area contributed by atoms with Crippen LogP contribution in [0.4, 0.5) is 0 Å². The van der Waals surface area contributed by atoms with Crippen molar-refractivity contribution in [3.05, 3.63) is 35.9 Å². The molecule has 0 radical (unpaired) electrons. The van der Waals surface area contributed by atoms with Crippen LogP contribution in [-0.4, -0.2) is 29.3 Å². The minimum Gasteiger partial charge on any atom is -0.342 e. The third-order valence-electron chi connectivity index (χ3n) is 3.66. The number of piperazine rings is 1. The Labute approximate surface area is 113 Å². The van der Waals surface area contributed by atoms with Crippen molar-refractivity contribution in [2.75, 3.05) is 6.54 Å². The lowest BCUT2D eigenvalue weighted by Crippen LogP contribution is -2.59. The number of amides is 2. The number of carbonyl (C=O) groups excluding carboxylic acids is 2. The van der Waals surface area contributed by atoms with Gasteiger partial charge in [0.1, 0.15) is 6.04 Å². The highest BCUT2D eigenvalue weighted by Gasteiger charge is 2.35. The van der Waals surface area contributed by atoms with Gasteiger partial charge in [-0.15, -0.1) is 0 Å². The lowest BCUT2D eigenvalue weighted by Gasteiger charge is -2.35. The predicted molar refractivity (Wildman–Crippen MR) is 73.2 cm³/mol. The van der Waals surface area contributed by atoms with E-state index in [1.54, 1.807) is 4.90 Å². The molecular weight excluding hydrogens is 240 g/mol. The summed E-state index contributed by atoms with van der Waals surface area (Å²) in [5.74, 6) is 0.119. The van der Waals surface area contributed by atoms with Gasteiger partial charge >= 0.3 is 0 Å². The van der Waals surface area contributed by atoms with Crippen LogP contribution in [0.3, 0.4) is 0 Å². The van der Waals surface area contributed by atoms with E-state index in [0.717, 1.165) is 12.0 Å². The molecule has 4 heteroatoms. The van der Waals surface area contributed by atoms with Gasteiger partial charge in [0.2, 0.25) is 11.8 Å². The minimum atomic E-state index is -0.380. The Morgan fingerprint density at radius 1 is 1.32 bits per heavy atom. The summed E-state index contributed by atoms with van der Waals surface area (Å²) in [5, 5.41) is 2.80. The van der Waals surface area contributed by atoms with Gasteiger partial charge in [-0.3, -0.25) is 9.59 Å². The SMILES string of the molecule is CCC(C)[C@@H]1NC(=O)CN(Cc2ccccc2)C1=O. The summed E-state index contributed by atoms with van der Waals surface area (Å²) in [7, 11) is 0. The second kappa shape index (κ2) is 5.87. The Balaban J connectivity index is 2.11. The van der Waals surface area contributed by atoms with E-state index in [9.17, 15) is 9.59 Å². The van der Waals surface area contributed by atoms with Crippen LogP contribution in [0.5, 0.6) is 0 Å². The molecule has 0 bridgehead atoms. The molecule has 1 aliphatic rings. The smallest absolute Gasteiger partial charge is 0.246 e. The van der Waals surface area contributed by atoms with E-state index < -0.39 is 0 Å². The summed E-state index contributed by atoms with van der Waals surface area (Å²) in [6.45, 7) is 4.68.